The maximum absolute atomic E-state index is 4.53. The Labute approximate surface area is 130 Å². The van der Waals surface area contributed by atoms with Crippen molar-refractivity contribution in [1.29, 1.82) is 0 Å². The highest BCUT2D eigenvalue weighted by Gasteiger charge is 2.17. The number of nitrogens with zero attached hydrogens (tertiary/aromatic N) is 1. The number of pyridine rings is 1. The van der Waals surface area contributed by atoms with Crippen molar-refractivity contribution in [1.82, 2.24) is 10.3 Å². The molecule has 1 heterocycles. The summed E-state index contributed by atoms with van der Waals surface area (Å²) in [6.07, 6.45) is 11.6. The molecule has 2 heteroatoms. The van der Waals surface area contributed by atoms with Crippen LogP contribution >= 0.6 is 0 Å². The first-order valence-electron chi connectivity index (χ1n) is 8.58. The van der Waals surface area contributed by atoms with Crippen molar-refractivity contribution in [2.75, 3.05) is 6.54 Å². The standard InChI is InChI=1S/C19H30N2/c1-4-12-20-19(17-10-8-6-5-7-9-11-17)18-13-15(2)21-16(3)14-18/h10,13-14,19-20H,4-9,11-12H2,1-3H3/b17-10+. The SMILES string of the molecule is CCCNC(/C1=C/CCCCCC1)c1cc(C)nc(C)c1. The second kappa shape index (κ2) is 8.33. The smallest absolute Gasteiger partial charge is 0.0537 e. The molecule has 0 aliphatic heterocycles. The topological polar surface area (TPSA) is 24.9 Å². The fourth-order valence-corrected chi connectivity index (χ4v) is 3.26. The number of hydrogen-bond donors (Lipinski definition) is 1. The lowest BCUT2D eigenvalue weighted by molar-refractivity contribution is 0.540. The second-order valence-corrected chi connectivity index (χ2v) is 6.30. The zero-order valence-corrected chi connectivity index (χ0v) is 13.9. The van der Waals surface area contributed by atoms with E-state index in [0.717, 1.165) is 17.9 Å². The van der Waals surface area contributed by atoms with Crippen LogP contribution in [0.4, 0.5) is 0 Å². The fraction of sp³-hybridized carbons (Fsp3) is 0.632. The van der Waals surface area contributed by atoms with Gasteiger partial charge in [0.25, 0.3) is 0 Å². The van der Waals surface area contributed by atoms with Crippen LogP contribution in [0.25, 0.3) is 0 Å². The van der Waals surface area contributed by atoms with Crippen molar-refractivity contribution in [3.05, 3.63) is 40.7 Å². The second-order valence-electron chi connectivity index (χ2n) is 6.30. The molecule has 1 aliphatic carbocycles. The molecule has 0 amide bonds. The molecule has 0 bridgehead atoms. The molecule has 0 saturated carbocycles. The van der Waals surface area contributed by atoms with E-state index in [4.69, 9.17) is 0 Å². The van der Waals surface area contributed by atoms with Gasteiger partial charge in [0.15, 0.2) is 0 Å². The van der Waals surface area contributed by atoms with Crippen LogP contribution in [0, 0.1) is 13.8 Å². The molecule has 2 nitrogen and oxygen atoms in total. The van der Waals surface area contributed by atoms with Crippen molar-refractivity contribution in [3.8, 4) is 0 Å². The molecule has 0 fully saturated rings. The Morgan fingerprint density at radius 3 is 2.52 bits per heavy atom. The van der Waals surface area contributed by atoms with E-state index in [2.05, 4.69) is 49.3 Å². The highest BCUT2D eigenvalue weighted by Crippen LogP contribution is 2.29. The van der Waals surface area contributed by atoms with Gasteiger partial charge < -0.3 is 5.32 Å². The van der Waals surface area contributed by atoms with Gasteiger partial charge in [-0.2, -0.15) is 0 Å². The molecule has 1 aromatic heterocycles. The zero-order chi connectivity index (χ0) is 15.1. The third kappa shape index (κ3) is 4.96. The van der Waals surface area contributed by atoms with Crippen LogP contribution in [0.3, 0.4) is 0 Å². The third-order valence-electron chi connectivity index (χ3n) is 4.23. The van der Waals surface area contributed by atoms with Crippen LogP contribution < -0.4 is 5.32 Å². The van der Waals surface area contributed by atoms with E-state index >= 15 is 0 Å². The maximum atomic E-state index is 4.53. The van der Waals surface area contributed by atoms with Gasteiger partial charge in [0.05, 0.1) is 6.04 Å². The number of aromatic nitrogens is 1. The van der Waals surface area contributed by atoms with E-state index in [1.54, 1.807) is 5.57 Å². The molecule has 21 heavy (non-hydrogen) atoms. The summed E-state index contributed by atoms with van der Waals surface area (Å²) >= 11 is 0. The van der Waals surface area contributed by atoms with Gasteiger partial charge in [-0.1, -0.05) is 31.4 Å². The van der Waals surface area contributed by atoms with Gasteiger partial charge in [-0.15, -0.1) is 0 Å². The van der Waals surface area contributed by atoms with Crippen LogP contribution in [0.1, 0.15) is 74.9 Å². The molecular weight excluding hydrogens is 256 g/mol. The van der Waals surface area contributed by atoms with Crippen molar-refractivity contribution in [3.63, 3.8) is 0 Å². The summed E-state index contributed by atoms with van der Waals surface area (Å²) in [7, 11) is 0. The van der Waals surface area contributed by atoms with Crippen molar-refractivity contribution in [2.45, 2.75) is 71.8 Å². The number of aryl methyl sites for hydroxylation is 2. The Morgan fingerprint density at radius 2 is 1.81 bits per heavy atom. The minimum absolute atomic E-state index is 0.378. The summed E-state index contributed by atoms with van der Waals surface area (Å²) in [5.74, 6) is 0. The molecule has 1 aliphatic rings. The average Bonchev–Trinajstić information content (AvgIpc) is 2.39. The molecule has 1 aromatic rings. The first-order valence-corrected chi connectivity index (χ1v) is 8.58. The molecule has 0 saturated heterocycles. The van der Waals surface area contributed by atoms with E-state index in [1.807, 2.05) is 0 Å². The predicted molar refractivity (Wildman–Crippen MR) is 90.5 cm³/mol. The largest absolute Gasteiger partial charge is 0.307 e. The zero-order valence-electron chi connectivity index (χ0n) is 13.9. The summed E-state index contributed by atoms with van der Waals surface area (Å²) in [5, 5.41) is 3.76. The van der Waals surface area contributed by atoms with Gasteiger partial charge in [-0.05, 0) is 70.2 Å². The summed E-state index contributed by atoms with van der Waals surface area (Å²) < 4.78 is 0. The number of hydrogen-bond acceptors (Lipinski definition) is 2. The van der Waals surface area contributed by atoms with E-state index in [-0.39, 0.29) is 0 Å². The van der Waals surface area contributed by atoms with Crippen LogP contribution in [0.15, 0.2) is 23.8 Å². The first kappa shape index (κ1) is 16.2. The Bertz CT molecular complexity index is 456. The summed E-state index contributed by atoms with van der Waals surface area (Å²) in [6, 6.07) is 4.88. The molecule has 1 atom stereocenters. The van der Waals surface area contributed by atoms with Gasteiger partial charge in [-0.3, -0.25) is 4.98 Å². The Hall–Kier alpha value is -1.15. The lowest BCUT2D eigenvalue weighted by Gasteiger charge is -2.24. The summed E-state index contributed by atoms with van der Waals surface area (Å²) in [4.78, 5) is 4.53. The molecule has 1 unspecified atom stereocenters. The van der Waals surface area contributed by atoms with Crippen molar-refractivity contribution in [2.24, 2.45) is 0 Å². The number of rotatable bonds is 5. The number of allylic oxidation sites excluding steroid dienone is 1. The molecular formula is C19H30N2. The fourth-order valence-electron chi connectivity index (χ4n) is 3.26. The molecule has 2 rings (SSSR count). The molecule has 116 valence electrons. The van der Waals surface area contributed by atoms with Crippen LogP contribution in [0.5, 0.6) is 0 Å². The normalized spacial score (nSPS) is 20.2. The summed E-state index contributed by atoms with van der Waals surface area (Å²) in [5.41, 5.74) is 5.23. The van der Waals surface area contributed by atoms with Gasteiger partial charge in [0, 0.05) is 11.4 Å². The highest BCUT2D eigenvalue weighted by atomic mass is 14.9. The van der Waals surface area contributed by atoms with E-state index in [1.165, 1.54) is 50.5 Å². The molecule has 0 radical (unpaired) electrons. The van der Waals surface area contributed by atoms with Gasteiger partial charge in [0.1, 0.15) is 0 Å². The first-order chi connectivity index (χ1) is 10.2. The molecule has 1 N–H and O–H groups in total. The highest BCUT2D eigenvalue weighted by molar-refractivity contribution is 5.31. The molecule has 0 aromatic carbocycles. The Kier molecular flexibility index (Phi) is 6.44. The van der Waals surface area contributed by atoms with E-state index in [9.17, 15) is 0 Å². The quantitative estimate of drug-likeness (QED) is 0.769. The van der Waals surface area contributed by atoms with Crippen LogP contribution in [-0.2, 0) is 0 Å². The van der Waals surface area contributed by atoms with Crippen LogP contribution in [0.2, 0.25) is 0 Å². The minimum atomic E-state index is 0.378. The number of nitrogens with one attached hydrogen (secondary N) is 1. The predicted octanol–water partition coefficient (Wildman–Crippen LogP) is 5.02. The minimum Gasteiger partial charge on any atom is -0.307 e. The molecule has 0 spiro atoms. The van der Waals surface area contributed by atoms with Gasteiger partial charge in [0.2, 0.25) is 0 Å². The lowest BCUT2D eigenvalue weighted by Crippen LogP contribution is -2.24. The van der Waals surface area contributed by atoms with Gasteiger partial charge >= 0.3 is 0 Å². The van der Waals surface area contributed by atoms with Crippen molar-refractivity contribution >= 4 is 0 Å². The van der Waals surface area contributed by atoms with E-state index in [0.29, 0.717) is 6.04 Å². The lowest BCUT2D eigenvalue weighted by atomic mass is 9.90. The van der Waals surface area contributed by atoms with Crippen molar-refractivity contribution < 1.29 is 0 Å². The monoisotopic (exact) mass is 286 g/mol. The maximum Gasteiger partial charge on any atom is 0.0537 e. The Morgan fingerprint density at radius 1 is 1.10 bits per heavy atom. The van der Waals surface area contributed by atoms with Gasteiger partial charge in [-0.25, -0.2) is 0 Å². The third-order valence-corrected chi connectivity index (χ3v) is 4.23. The van der Waals surface area contributed by atoms with E-state index < -0.39 is 0 Å². The Balaban J connectivity index is 2.27. The van der Waals surface area contributed by atoms with Crippen LogP contribution in [-0.4, -0.2) is 11.5 Å². The average molecular weight is 286 g/mol. The summed E-state index contributed by atoms with van der Waals surface area (Å²) in [6.45, 7) is 7.50.